The highest BCUT2D eigenvalue weighted by atomic mass is 19.1. The number of fused-ring (bicyclic) bond motifs is 3. The van der Waals surface area contributed by atoms with Gasteiger partial charge in [-0.2, -0.15) is 0 Å². The smallest absolute Gasteiger partial charge is 0.245 e. The van der Waals surface area contributed by atoms with Crippen molar-refractivity contribution < 1.29 is 62.2 Å². The number of hydrogen-bond acceptors (Lipinski definition) is 15. The van der Waals surface area contributed by atoms with Crippen molar-refractivity contribution in [1.82, 2.24) is 78.0 Å². The van der Waals surface area contributed by atoms with Crippen LogP contribution in [0.1, 0.15) is 79.8 Å². The number of likely N-dealkylation sites (tertiary alicyclic amines) is 1. The first-order chi connectivity index (χ1) is 51.0. The van der Waals surface area contributed by atoms with Crippen molar-refractivity contribution in [3.8, 4) is 0 Å². The Bertz CT molecular complexity index is 4430. The van der Waals surface area contributed by atoms with Crippen LogP contribution in [0.4, 0.5) is 4.39 Å². The summed E-state index contributed by atoms with van der Waals surface area (Å²) in [7, 11) is 0. The summed E-state index contributed by atoms with van der Waals surface area (Å²) in [6.45, 7) is 0.148. The largest absolute Gasteiger partial charge is 0.394 e. The Balaban J connectivity index is 0.967. The number of aliphatic hydroxyl groups excluding tert-OH is 1. The van der Waals surface area contributed by atoms with Gasteiger partial charge in [0.25, 0.3) is 0 Å². The number of para-hydroxylation sites is 2. The van der Waals surface area contributed by atoms with Crippen LogP contribution in [0.2, 0.25) is 0 Å². The molecule has 1 saturated heterocycles. The molecule has 1 aliphatic rings. The second kappa shape index (κ2) is 37.9. The van der Waals surface area contributed by atoms with E-state index in [4.69, 9.17) is 22.6 Å². The van der Waals surface area contributed by atoms with Gasteiger partial charge in [-0.15, -0.1) is 0 Å². The number of rotatable bonds is 38. The number of guanidine groups is 1. The lowest BCUT2D eigenvalue weighted by atomic mass is 9.99. The number of primary amides is 1. The van der Waals surface area contributed by atoms with Crippen molar-refractivity contribution in [3.63, 3.8) is 0 Å². The number of amides is 11. The third-order valence-electron chi connectivity index (χ3n) is 18.3. The van der Waals surface area contributed by atoms with Gasteiger partial charge in [0.1, 0.15) is 60.2 Å². The minimum Gasteiger partial charge on any atom is -0.394 e. The number of carbonyl (C=O) groups excluding carboxylic acids is 11. The maximum absolute atomic E-state index is 15.1. The standard InChI is InChI=1S/C74H90FN19O12/c1-42(96)86-57(32-44-21-24-45-12-2-3-13-46(45)30-44)66(99)89-58(31-43-22-25-49(75)26-23-43)67(100)91-60(34-48-37-83-54-17-7-5-15-52(48)54)69(102)93-62(40-95)71(104)92-61(35-50-38-80-41-85-50)70(103)87-55(19-10-28-81-74(78)79)65(98)90-59(33-47-36-82-53-16-6-4-14-51(47)53)68(101)88-56(18-8-9-27-76)73(106)94-29-11-20-63(94)72(105)84-39-64(77)97/h2-7,12-17,21-26,30,36-38,41,55-63,82-83,95H,8-11,18-20,27-29,31-35,39-40,76H2,1H3,(H2,77,97)(H,80,85)(H,84,105)(H,86,96)(H,87,103)(H,88,101)(H,89,99)(H,90,98)(H,91,100)(H,92,104)(H,93,102)(H4,78,79,81)/t55-,56+,57-,58-,59+,60-,61+,62+,63+/m1/s1. The summed E-state index contributed by atoms with van der Waals surface area (Å²) in [6.07, 6.45) is 6.51. The molecule has 0 bridgehead atoms. The molecular weight excluding hydrogens is 1370 g/mol. The Morgan fingerprint density at radius 1 is 0.566 bits per heavy atom. The Kier molecular flexibility index (Phi) is 27.9. The summed E-state index contributed by atoms with van der Waals surface area (Å²) >= 11 is 0. The van der Waals surface area contributed by atoms with Crippen LogP contribution >= 0.6 is 0 Å². The lowest BCUT2D eigenvalue weighted by Gasteiger charge is -2.30. The topological polar surface area (TPSA) is 494 Å². The number of unbranched alkanes of at least 4 members (excludes halogenated alkanes) is 1. The van der Waals surface area contributed by atoms with Gasteiger partial charge in [0.05, 0.1) is 19.5 Å². The zero-order valence-electron chi connectivity index (χ0n) is 58.4. The number of halogens is 1. The second-order valence-corrected chi connectivity index (χ2v) is 26.1. The molecule has 21 N–H and O–H groups in total. The van der Waals surface area contributed by atoms with E-state index in [2.05, 4.69) is 73.1 Å². The predicted molar refractivity (Wildman–Crippen MR) is 391 cm³/mol. The van der Waals surface area contributed by atoms with Crippen LogP contribution in [-0.4, -0.2) is 188 Å². The molecule has 31 nitrogen and oxygen atoms in total. The highest BCUT2D eigenvalue weighted by Crippen LogP contribution is 2.24. The third-order valence-corrected chi connectivity index (χ3v) is 18.3. The quantitative estimate of drug-likeness (QED) is 0.0138. The Morgan fingerprint density at radius 2 is 1.07 bits per heavy atom. The Hall–Kier alpha value is -12.1. The minimum absolute atomic E-state index is 0.00340. The molecule has 9 atom stereocenters. The van der Waals surface area contributed by atoms with Gasteiger partial charge in [0.15, 0.2) is 5.96 Å². The summed E-state index contributed by atoms with van der Waals surface area (Å²) in [4.78, 5) is 171. The molecule has 0 spiro atoms. The number of nitrogens with zero attached hydrogens (tertiary/aromatic N) is 2. The fourth-order valence-electron chi connectivity index (χ4n) is 12.9. The van der Waals surface area contributed by atoms with Crippen molar-refractivity contribution in [1.29, 1.82) is 5.41 Å². The van der Waals surface area contributed by atoms with E-state index in [1.54, 1.807) is 54.9 Å². The van der Waals surface area contributed by atoms with E-state index in [0.29, 0.717) is 69.0 Å². The number of imidazole rings is 1. The molecule has 8 aromatic rings. The molecule has 1 aliphatic heterocycles. The minimum atomic E-state index is -1.85. The zero-order valence-corrected chi connectivity index (χ0v) is 58.4. The van der Waals surface area contributed by atoms with E-state index in [1.807, 2.05) is 48.5 Å². The molecule has 3 aromatic heterocycles. The molecule has 5 aromatic carbocycles. The van der Waals surface area contributed by atoms with E-state index in [1.165, 1.54) is 48.6 Å². The molecule has 1 fully saturated rings. The van der Waals surface area contributed by atoms with Gasteiger partial charge < -0.3 is 95.3 Å². The second-order valence-electron chi connectivity index (χ2n) is 26.1. The summed E-state index contributed by atoms with van der Waals surface area (Å²) in [6, 6.07) is 19.7. The predicted octanol–water partition coefficient (Wildman–Crippen LogP) is 0.0533. The summed E-state index contributed by atoms with van der Waals surface area (Å²) in [5, 5.41) is 48.8. The summed E-state index contributed by atoms with van der Waals surface area (Å²) < 4.78 is 14.3. The van der Waals surface area contributed by atoms with Crippen LogP contribution in [0.5, 0.6) is 0 Å². The van der Waals surface area contributed by atoms with Crippen LogP contribution in [0, 0.1) is 11.2 Å². The Morgan fingerprint density at radius 3 is 1.63 bits per heavy atom. The van der Waals surface area contributed by atoms with Crippen molar-refractivity contribution >= 4 is 104 Å². The maximum Gasteiger partial charge on any atom is 0.245 e. The van der Waals surface area contributed by atoms with Crippen molar-refractivity contribution in [2.75, 3.05) is 32.8 Å². The molecule has 11 amide bonds. The van der Waals surface area contributed by atoms with E-state index in [9.17, 15) is 52.6 Å². The molecule has 0 aliphatic carbocycles. The highest BCUT2D eigenvalue weighted by molar-refractivity contribution is 6.00. The lowest BCUT2D eigenvalue weighted by Crippen LogP contribution is -2.61. The first kappa shape index (κ1) is 78.1. The van der Waals surface area contributed by atoms with Gasteiger partial charge in [-0.05, 0) is 109 Å². The first-order valence-corrected chi connectivity index (χ1v) is 35.0. The van der Waals surface area contributed by atoms with Gasteiger partial charge in [0.2, 0.25) is 65.0 Å². The third kappa shape index (κ3) is 22.0. The van der Waals surface area contributed by atoms with Crippen LogP contribution in [0.15, 0.2) is 140 Å². The highest BCUT2D eigenvalue weighted by Gasteiger charge is 2.40. The number of benzene rings is 5. The SMILES string of the molecule is CC(=O)N[C@H](Cc1ccc2ccccc2c1)C(=O)N[C@H](Cc1ccc(F)cc1)C(=O)N[C@H](Cc1c[nH]c2ccccc12)C(=O)N[C@@H](CO)C(=O)N[C@@H](Cc1cnc[nH]1)C(=O)N[C@H](CCCNC(=N)N)C(=O)N[C@@H](Cc1c[nH]c2ccccc12)C(=O)N[C@@H](CCCCN)C(=O)N1CCC[C@H]1C(=O)NCC(N)=O. The number of aliphatic hydroxyl groups is 1. The molecule has 9 rings (SSSR count). The molecule has 560 valence electrons. The monoisotopic (exact) mass is 1460 g/mol. The van der Waals surface area contributed by atoms with Crippen molar-refractivity contribution in [2.24, 2.45) is 17.2 Å². The molecular formula is C74H90FN19O12. The average Bonchev–Trinajstić information content (AvgIpc) is 1.58. The van der Waals surface area contributed by atoms with Crippen molar-refractivity contribution in [2.45, 2.75) is 138 Å². The normalized spacial score (nSPS) is 14.9. The van der Waals surface area contributed by atoms with Gasteiger partial charge >= 0.3 is 0 Å². The van der Waals surface area contributed by atoms with Crippen LogP contribution in [0.3, 0.4) is 0 Å². The van der Waals surface area contributed by atoms with Gasteiger partial charge in [0, 0.05) is 98.2 Å². The van der Waals surface area contributed by atoms with Crippen molar-refractivity contribution in [3.05, 3.63) is 174 Å². The molecule has 0 saturated carbocycles. The summed E-state index contributed by atoms with van der Waals surface area (Å²) in [5.41, 5.74) is 20.6. The maximum atomic E-state index is 15.1. The number of hydrogen-bond donors (Lipinski definition) is 18. The Labute approximate surface area is 608 Å². The lowest BCUT2D eigenvalue weighted by molar-refractivity contribution is -0.142. The van der Waals surface area contributed by atoms with E-state index in [-0.39, 0.29) is 83.4 Å². The van der Waals surface area contributed by atoms with Crippen LogP contribution < -0.4 is 70.4 Å². The number of nitrogens with one attached hydrogen (secondary N) is 14. The van der Waals surface area contributed by atoms with E-state index >= 15 is 9.59 Å². The van der Waals surface area contributed by atoms with Gasteiger partial charge in [-0.1, -0.05) is 91.0 Å². The molecule has 0 unspecified atom stereocenters. The van der Waals surface area contributed by atoms with Gasteiger partial charge in [-0.3, -0.25) is 58.1 Å². The number of nitrogens with two attached hydrogens (primary N) is 3. The fraction of sp³-hybridized carbons (Fsp3) is 0.365. The molecule has 32 heteroatoms. The van der Waals surface area contributed by atoms with E-state index in [0.717, 1.165) is 10.8 Å². The number of aromatic amines is 3. The number of carbonyl (C=O) groups is 11. The average molecular weight is 1460 g/mol. The zero-order chi connectivity index (χ0) is 75.8. The number of H-pyrrole nitrogens is 3. The fourth-order valence-corrected chi connectivity index (χ4v) is 12.9. The molecule has 106 heavy (non-hydrogen) atoms. The van der Waals surface area contributed by atoms with Crippen LogP contribution in [0.25, 0.3) is 32.6 Å². The summed E-state index contributed by atoms with van der Waals surface area (Å²) in [5.74, 6) is -10.0. The first-order valence-electron chi connectivity index (χ1n) is 35.0. The molecule has 4 heterocycles. The van der Waals surface area contributed by atoms with E-state index < -0.39 is 138 Å². The van der Waals surface area contributed by atoms with Gasteiger partial charge in [-0.25, -0.2) is 9.37 Å². The number of aromatic nitrogens is 4. The van der Waals surface area contributed by atoms with Crippen LogP contribution in [-0.2, 0) is 84.8 Å². The molecule has 0 radical (unpaired) electrons.